The predicted molar refractivity (Wildman–Crippen MR) is 33.6 cm³/mol. The van der Waals surface area contributed by atoms with Crippen LogP contribution in [0.2, 0.25) is 0 Å². The lowest BCUT2D eigenvalue weighted by Gasteiger charge is -2.10. The third-order valence-corrected chi connectivity index (χ3v) is 0.846. The van der Waals surface area contributed by atoms with Gasteiger partial charge in [0, 0.05) is 13.1 Å². The van der Waals surface area contributed by atoms with E-state index in [1.165, 1.54) is 0 Å². The van der Waals surface area contributed by atoms with Crippen LogP contribution in [0.25, 0.3) is 0 Å². The van der Waals surface area contributed by atoms with E-state index in [1.54, 1.807) is 0 Å². The van der Waals surface area contributed by atoms with Crippen LogP contribution >= 0.6 is 0 Å². The van der Waals surface area contributed by atoms with Crippen molar-refractivity contribution in [3.05, 3.63) is 0 Å². The van der Waals surface area contributed by atoms with Gasteiger partial charge in [0.15, 0.2) is 17.4 Å². The molecule has 1 saturated heterocycles. The summed E-state index contributed by atoms with van der Waals surface area (Å²) < 4.78 is 5.01. The molecule has 0 spiro atoms. The molecule has 0 amide bonds. The lowest BCUT2D eigenvalue weighted by molar-refractivity contribution is 0.109. The normalized spacial score (nSPS) is 20.6. The Morgan fingerprint density at radius 3 is 1.86 bits per heavy atom. The second kappa shape index (κ2) is 4.61. The summed E-state index contributed by atoms with van der Waals surface area (Å²) in [6.07, 6.45) is 0. The van der Waals surface area contributed by atoms with Gasteiger partial charge in [0.25, 0.3) is 0 Å². The molecular weight excluding hydrogens is 105 g/mol. The van der Waals surface area contributed by atoms with Crippen molar-refractivity contribution in [3.63, 3.8) is 0 Å². The molecule has 0 atom stereocenters. The van der Waals surface area contributed by atoms with E-state index >= 15 is 0 Å². The second-order valence-corrected chi connectivity index (χ2v) is 1.36. The van der Waals surface area contributed by atoms with Crippen molar-refractivity contribution in [2.24, 2.45) is 0 Å². The number of morpholine rings is 1. The van der Waals surface area contributed by atoms with E-state index in [-0.39, 0.29) is 17.4 Å². The first kappa shape index (κ1) is 7.45. The SMILES string of the molecule is C1COCCN1.[AlH3]. The molecule has 0 aromatic rings. The fourth-order valence-corrected chi connectivity index (χ4v) is 0.516. The van der Waals surface area contributed by atoms with E-state index in [9.17, 15) is 0 Å². The molecule has 1 aliphatic rings. The predicted octanol–water partition coefficient (Wildman–Crippen LogP) is -1.58. The van der Waals surface area contributed by atoms with Crippen LogP contribution in [0.5, 0.6) is 0 Å². The van der Waals surface area contributed by atoms with E-state index in [0.717, 1.165) is 26.3 Å². The highest BCUT2D eigenvalue weighted by Gasteiger charge is 1.92. The molecule has 1 fully saturated rings. The van der Waals surface area contributed by atoms with E-state index < -0.39 is 0 Å². The zero-order chi connectivity index (χ0) is 4.24. The molecular formula is C4H12AlNO. The van der Waals surface area contributed by atoms with Crippen molar-refractivity contribution in [1.82, 2.24) is 5.32 Å². The fraction of sp³-hybridized carbons (Fsp3) is 1.00. The van der Waals surface area contributed by atoms with Crippen molar-refractivity contribution in [2.45, 2.75) is 0 Å². The number of rotatable bonds is 0. The summed E-state index contributed by atoms with van der Waals surface area (Å²) in [6.45, 7) is 3.83. The van der Waals surface area contributed by atoms with E-state index in [1.807, 2.05) is 0 Å². The third-order valence-electron chi connectivity index (χ3n) is 0.846. The quantitative estimate of drug-likeness (QED) is 0.387. The molecule has 1 rings (SSSR count). The molecule has 3 heteroatoms. The Morgan fingerprint density at radius 2 is 1.71 bits per heavy atom. The van der Waals surface area contributed by atoms with Crippen LogP contribution in [0.4, 0.5) is 0 Å². The van der Waals surface area contributed by atoms with E-state index in [0.29, 0.717) is 0 Å². The van der Waals surface area contributed by atoms with Crippen molar-refractivity contribution in [1.29, 1.82) is 0 Å². The minimum absolute atomic E-state index is 0. The highest BCUT2D eigenvalue weighted by molar-refractivity contribution is 5.75. The topological polar surface area (TPSA) is 21.3 Å². The first-order valence-electron chi connectivity index (χ1n) is 2.28. The van der Waals surface area contributed by atoms with Crippen molar-refractivity contribution < 1.29 is 4.74 Å². The Labute approximate surface area is 54.4 Å². The summed E-state index contributed by atoms with van der Waals surface area (Å²) in [6, 6.07) is 0. The van der Waals surface area contributed by atoms with Crippen LogP contribution < -0.4 is 5.32 Å². The Hall–Kier alpha value is 0.452. The maximum Gasteiger partial charge on any atom is 0.187 e. The van der Waals surface area contributed by atoms with Gasteiger partial charge in [-0.3, -0.25) is 0 Å². The van der Waals surface area contributed by atoms with E-state index in [4.69, 9.17) is 4.74 Å². The van der Waals surface area contributed by atoms with Crippen molar-refractivity contribution in [2.75, 3.05) is 26.3 Å². The van der Waals surface area contributed by atoms with Crippen LogP contribution in [0.15, 0.2) is 0 Å². The zero-order valence-electron chi connectivity index (χ0n) is 3.74. The maximum atomic E-state index is 5.01. The van der Waals surface area contributed by atoms with Gasteiger partial charge in [-0.1, -0.05) is 0 Å². The van der Waals surface area contributed by atoms with Crippen LogP contribution in [0, 0.1) is 0 Å². The molecule has 0 aromatic heterocycles. The fourth-order valence-electron chi connectivity index (χ4n) is 0.516. The summed E-state index contributed by atoms with van der Waals surface area (Å²) in [5.41, 5.74) is 0. The monoisotopic (exact) mass is 117 g/mol. The third kappa shape index (κ3) is 3.07. The lowest BCUT2D eigenvalue weighted by Crippen LogP contribution is -2.30. The van der Waals surface area contributed by atoms with Gasteiger partial charge in [0.05, 0.1) is 13.2 Å². The standard InChI is InChI=1S/C4H9NO.Al.3H/c1-3-6-4-2-5-1;;;;/h5H,1-4H2;;;;. The van der Waals surface area contributed by atoms with E-state index in [2.05, 4.69) is 5.32 Å². The van der Waals surface area contributed by atoms with Gasteiger partial charge in [0.1, 0.15) is 0 Å². The average molecular weight is 117 g/mol. The summed E-state index contributed by atoms with van der Waals surface area (Å²) in [7, 11) is 0. The van der Waals surface area contributed by atoms with Crippen LogP contribution in [-0.4, -0.2) is 43.7 Å². The first-order chi connectivity index (χ1) is 3.00. The molecule has 1 heterocycles. The molecule has 0 radical (unpaired) electrons. The number of nitrogens with one attached hydrogen (secondary N) is 1. The van der Waals surface area contributed by atoms with Gasteiger partial charge in [-0.05, 0) is 0 Å². The molecule has 1 aliphatic heterocycles. The van der Waals surface area contributed by atoms with Crippen molar-refractivity contribution in [3.8, 4) is 0 Å². The minimum atomic E-state index is 0. The van der Waals surface area contributed by atoms with Gasteiger partial charge in [-0.25, -0.2) is 0 Å². The molecule has 42 valence electrons. The average Bonchev–Trinajstić information content (AvgIpc) is 1.72. The minimum Gasteiger partial charge on any atom is -0.379 e. The van der Waals surface area contributed by atoms with Crippen LogP contribution in [-0.2, 0) is 4.74 Å². The number of ether oxygens (including phenoxy) is 1. The summed E-state index contributed by atoms with van der Waals surface area (Å²) in [4.78, 5) is 0. The Kier molecular flexibility index (Phi) is 4.91. The zero-order valence-corrected chi connectivity index (χ0v) is 3.74. The summed E-state index contributed by atoms with van der Waals surface area (Å²) >= 11 is 0. The molecule has 0 aliphatic carbocycles. The maximum absolute atomic E-state index is 5.01. The molecule has 1 N–H and O–H groups in total. The Bertz CT molecular complexity index is 27.2. The van der Waals surface area contributed by atoms with Crippen LogP contribution in [0.1, 0.15) is 0 Å². The lowest BCUT2D eigenvalue weighted by atomic mass is 10.5. The summed E-state index contributed by atoms with van der Waals surface area (Å²) in [5.74, 6) is 0. The molecule has 7 heavy (non-hydrogen) atoms. The smallest absolute Gasteiger partial charge is 0.187 e. The highest BCUT2D eigenvalue weighted by atomic mass is 27.0. The van der Waals surface area contributed by atoms with Gasteiger partial charge < -0.3 is 10.1 Å². The largest absolute Gasteiger partial charge is 0.379 e. The second-order valence-electron chi connectivity index (χ2n) is 1.36. The Morgan fingerprint density at radius 1 is 1.14 bits per heavy atom. The van der Waals surface area contributed by atoms with Crippen LogP contribution in [0.3, 0.4) is 0 Å². The number of hydrogen-bond acceptors (Lipinski definition) is 2. The molecule has 0 unspecified atom stereocenters. The van der Waals surface area contributed by atoms with Gasteiger partial charge >= 0.3 is 0 Å². The van der Waals surface area contributed by atoms with Crippen molar-refractivity contribution >= 4 is 17.4 Å². The molecule has 0 bridgehead atoms. The molecule has 0 aromatic carbocycles. The first-order valence-corrected chi connectivity index (χ1v) is 2.28. The van der Waals surface area contributed by atoms with Gasteiger partial charge in [-0.15, -0.1) is 0 Å². The number of hydrogen-bond donors (Lipinski definition) is 1. The Balaban J connectivity index is 0.000000360. The van der Waals surface area contributed by atoms with Gasteiger partial charge in [0.2, 0.25) is 0 Å². The summed E-state index contributed by atoms with van der Waals surface area (Å²) in [5, 5.41) is 3.16. The van der Waals surface area contributed by atoms with Gasteiger partial charge in [-0.2, -0.15) is 0 Å². The molecule has 0 saturated carbocycles. The molecule has 2 nitrogen and oxygen atoms in total. The highest BCUT2D eigenvalue weighted by Crippen LogP contribution is 1.76.